The van der Waals surface area contributed by atoms with Gasteiger partial charge in [-0.15, -0.1) is 0 Å². The van der Waals surface area contributed by atoms with Gasteiger partial charge in [-0.05, 0) is 42.5 Å². The molecule has 0 spiro atoms. The third kappa shape index (κ3) is 5.93. The minimum Gasteiger partial charge on any atom is -0.465 e. The van der Waals surface area contributed by atoms with Crippen molar-refractivity contribution in [1.29, 1.82) is 0 Å². The van der Waals surface area contributed by atoms with Crippen LogP contribution in [0.2, 0.25) is 5.02 Å². The Morgan fingerprint density at radius 3 is 2.29 bits per heavy atom. The lowest BCUT2D eigenvalue weighted by molar-refractivity contribution is -0.338. The number of halogens is 1. The first-order valence-corrected chi connectivity index (χ1v) is 12.9. The van der Waals surface area contributed by atoms with Crippen LogP contribution >= 0.6 is 11.6 Å². The van der Waals surface area contributed by atoms with Crippen molar-refractivity contribution in [3.8, 4) is 11.4 Å². The number of nitrogens with two attached hydrogens (primary N) is 1. The number of anilines is 1. The first-order valence-electron chi connectivity index (χ1n) is 12.5. The van der Waals surface area contributed by atoms with Gasteiger partial charge < -0.3 is 39.1 Å². The van der Waals surface area contributed by atoms with Crippen molar-refractivity contribution in [1.82, 2.24) is 4.57 Å². The van der Waals surface area contributed by atoms with Crippen LogP contribution in [0.25, 0.3) is 16.6 Å². The second-order valence-electron chi connectivity index (χ2n) is 9.55. The van der Waals surface area contributed by atoms with Crippen LogP contribution in [0.1, 0.15) is 27.7 Å². The summed E-state index contributed by atoms with van der Waals surface area (Å²) in [7, 11) is 0. The lowest BCUT2D eigenvalue weighted by atomic mass is 9.63. The van der Waals surface area contributed by atoms with Crippen molar-refractivity contribution in [3.63, 3.8) is 0 Å². The Morgan fingerprint density at radius 2 is 1.68 bits per heavy atom. The number of hydrogen-bond acceptors (Lipinski definition) is 11. The van der Waals surface area contributed by atoms with Crippen LogP contribution in [-0.2, 0) is 38.1 Å². The summed E-state index contributed by atoms with van der Waals surface area (Å²) in [5.74, 6) is -4.29. The fourth-order valence-electron chi connectivity index (χ4n) is 5.01. The number of nitrogen functional groups attached to an aromatic ring is 1. The van der Waals surface area contributed by atoms with Gasteiger partial charge in [0.1, 0.15) is 12.4 Å². The lowest BCUT2D eigenvalue weighted by Crippen LogP contribution is -2.79. The average molecular weight is 589 g/mol. The molecule has 2 aromatic carbocycles. The fraction of sp³-hybridized carbons (Fsp3) is 0.357. The summed E-state index contributed by atoms with van der Waals surface area (Å²) < 4.78 is 28.9. The number of benzene rings is 2. The lowest BCUT2D eigenvalue weighted by Gasteiger charge is -2.57. The number of esters is 4. The highest BCUT2D eigenvalue weighted by Gasteiger charge is 2.74. The molecule has 0 amide bonds. The molecule has 1 aliphatic rings. The van der Waals surface area contributed by atoms with Crippen molar-refractivity contribution < 1.29 is 48.0 Å². The van der Waals surface area contributed by atoms with E-state index < -0.39 is 60.5 Å². The molecule has 0 saturated heterocycles. The summed E-state index contributed by atoms with van der Waals surface area (Å²) >= 11 is 6.54. The molecule has 3 N–H and O–H groups in total. The van der Waals surface area contributed by atoms with Crippen molar-refractivity contribution in [2.45, 2.75) is 51.8 Å². The number of ether oxygens (including phenoxy) is 5. The number of carbonyl (C=O) groups excluding carboxylic acids is 4. The highest BCUT2D eigenvalue weighted by Crippen LogP contribution is 2.50. The van der Waals surface area contributed by atoms with Gasteiger partial charge in [-0.2, -0.15) is 0 Å². The Balaban J connectivity index is 1.70. The Morgan fingerprint density at radius 1 is 0.976 bits per heavy atom. The number of hydrogen-bond donors (Lipinski definition) is 2. The molecule has 218 valence electrons. The third-order valence-corrected chi connectivity index (χ3v) is 6.93. The molecule has 12 nitrogen and oxygen atoms in total. The van der Waals surface area contributed by atoms with Crippen LogP contribution in [0.4, 0.5) is 5.69 Å². The zero-order valence-corrected chi connectivity index (χ0v) is 23.4. The molecule has 1 saturated carbocycles. The van der Waals surface area contributed by atoms with Gasteiger partial charge in [0, 0.05) is 50.7 Å². The van der Waals surface area contributed by atoms with Crippen molar-refractivity contribution in [2.75, 3.05) is 12.3 Å². The van der Waals surface area contributed by atoms with E-state index in [2.05, 4.69) is 0 Å². The topological polar surface area (TPSA) is 166 Å². The van der Waals surface area contributed by atoms with Crippen LogP contribution in [-0.4, -0.2) is 64.3 Å². The maximum atomic E-state index is 12.2. The smallest absolute Gasteiger partial charge is 0.303 e. The third-order valence-electron chi connectivity index (χ3n) is 6.63. The normalized spacial score (nSPS) is 22.2. The van der Waals surface area contributed by atoms with E-state index in [1.54, 1.807) is 18.2 Å². The van der Waals surface area contributed by atoms with Gasteiger partial charge in [-0.3, -0.25) is 19.2 Å². The maximum absolute atomic E-state index is 12.2. The Hall–Kier alpha value is -4.29. The summed E-state index contributed by atoms with van der Waals surface area (Å²) in [6.45, 7) is 3.96. The number of aliphatic hydroxyl groups is 1. The van der Waals surface area contributed by atoms with E-state index in [1.165, 1.54) is 6.07 Å². The number of rotatable bonds is 9. The maximum Gasteiger partial charge on any atom is 0.303 e. The summed E-state index contributed by atoms with van der Waals surface area (Å²) in [6.07, 6.45) is -2.91. The number of nitrogens with zero attached hydrogens (tertiary/aromatic N) is 1. The number of fused-ring (bicyclic) bond motifs is 1. The SMILES string of the molecule is CC(=O)OCC1[C@@H](OC(C)=O)C(OC(C)=O)C1(OC(C)=O)[C@H](O)Oc1ccc(-n2ccc3cc(N)ccc32)cc1Cl. The van der Waals surface area contributed by atoms with Crippen LogP contribution in [0, 0.1) is 5.92 Å². The number of aliphatic hydroxyl groups excluding tert-OH is 1. The zero-order valence-electron chi connectivity index (χ0n) is 22.7. The molecule has 13 heteroatoms. The molecule has 3 aromatic rings. The van der Waals surface area contributed by atoms with Crippen molar-refractivity contribution in [3.05, 3.63) is 53.7 Å². The van der Waals surface area contributed by atoms with E-state index in [4.69, 9.17) is 41.0 Å². The predicted molar refractivity (Wildman–Crippen MR) is 145 cm³/mol. The van der Waals surface area contributed by atoms with E-state index in [-0.39, 0.29) is 10.8 Å². The van der Waals surface area contributed by atoms with E-state index >= 15 is 0 Å². The summed E-state index contributed by atoms with van der Waals surface area (Å²) in [5.41, 5.74) is 5.92. The second kappa shape index (κ2) is 11.7. The highest BCUT2D eigenvalue weighted by atomic mass is 35.5. The number of carbonyl (C=O) groups is 4. The number of aromatic nitrogens is 1. The zero-order chi connectivity index (χ0) is 30.1. The minimum absolute atomic E-state index is 0.00102. The predicted octanol–water partition coefficient (Wildman–Crippen LogP) is 2.92. The van der Waals surface area contributed by atoms with Gasteiger partial charge in [-0.1, -0.05) is 11.6 Å². The summed E-state index contributed by atoms with van der Waals surface area (Å²) in [4.78, 5) is 47.7. The molecule has 41 heavy (non-hydrogen) atoms. The minimum atomic E-state index is -2.13. The highest BCUT2D eigenvalue weighted by molar-refractivity contribution is 6.32. The molecule has 0 radical (unpaired) electrons. The fourth-order valence-corrected chi connectivity index (χ4v) is 5.23. The average Bonchev–Trinajstić information content (AvgIpc) is 3.29. The van der Waals surface area contributed by atoms with Gasteiger partial charge in [0.05, 0.1) is 16.5 Å². The van der Waals surface area contributed by atoms with Crippen LogP contribution in [0.5, 0.6) is 5.75 Å². The monoisotopic (exact) mass is 588 g/mol. The van der Waals surface area contributed by atoms with E-state index in [9.17, 15) is 24.3 Å². The Labute approximate surface area is 239 Å². The van der Waals surface area contributed by atoms with Gasteiger partial charge >= 0.3 is 23.9 Å². The molecule has 4 rings (SSSR count). The molecular weight excluding hydrogens is 560 g/mol. The largest absolute Gasteiger partial charge is 0.465 e. The first kappa shape index (κ1) is 29.7. The molecule has 1 fully saturated rings. The van der Waals surface area contributed by atoms with Gasteiger partial charge in [-0.25, -0.2) is 0 Å². The standard InChI is InChI=1S/C28H29ClN2O10/c1-14(32)37-13-21-25(38-15(2)33)26(39-16(3)34)28(21,41-17(4)35)27(36)40-24-8-6-20(12-22(24)29)31-10-9-18-11-19(30)5-7-23(18)31/h5-12,21,25-27,36H,13,30H2,1-4H3/t21?,25-,26?,27-,28?/m1/s1. The van der Waals surface area contributed by atoms with Gasteiger partial charge in [0.15, 0.2) is 12.2 Å². The Kier molecular flexibility index (Phi) is 8.45. The van der Waals surface area contributed by atoms with E-state index in [0.717, 1.165) is 38.6 Å². The second-order valence-corrected chi connectivity index (χ2v) is 9.96. The quantitative estimate of drug-likeness (QED) is 0.163. The van der Waals surface area contributed by atoms with E-state index in [0.29, 0.717) is 11.4 Å². The van der Waals surface area contributed by atoms with Gasteiger partial charge in [0.2, 0.25) is 11.9 Å². The Bertz CT molecular complexity index is 1500. The van der Waals surface area contributed by atoms with E-state index in [1.807, 2.05) is 29.0 Å². The molecule has 3 unspecified atom stereocenters. The molecule has 0 bridgehead atoms. The molecule has 1 aliphatic carbocycles. The molecule has 5 atom stereocenters. The van der Waals surface area contributed by atoms with Crippen molar-refractivity contribution >= 4 is 52.1 Å². The van der Waals surface area contributed by atoms with Crippen LogP contribution in [0.15, 0.2) is 48.7 Å². The molecule has 0 aliphatic heterocycles. The molecule has 1 aromatic heterocycles. The molecule has 1 heterocycles. The van der Waals surface area contributed by atoms with Crippen molar-refractivity contribution in [2.24, 2.45) is 5.92 Å². The van der Waals surface area contributed by atoms with Crippen LogP contribution in [0.3, 0.4) is 0 Å². The van der Waals surface area contributed by atoms with Gasteiger partial charge in [0.25, 0.3) is 0 Å². The molecular formula is C28H29ClN2O10. The first-order chi connectivity index (χ1) is 19.3. The summed E-state index contributed by atoms with van der Waals surface area (Å²) in [5, 5.41) is 12.4. The van der Waals surface area contributed by atoms with Crippen LogP contribution < -0.4 is 10.5 Å². The summed E-state index contributed by atoms with van der Waals surface area (Å²) in [6, 6.07) is 12.1.